The third kappa shape index (κ3) is 4.83. The molecule has 7 nitrogen and oxygen atoms in total. The normalized spacial score (nSPS) is 16.4. The Hall–Kier alpha value is -2.65. The van der Waals surface area contributed by atoms with Gasteiger partial charge < -0.3 is 9.64 Å². The maximum atomic E-state index is 13.0. The summed E-state index contributed by atoms with van der Waals surface area (Å²) in [6, 6.07) is 13.0. The zero-order chi connectivity index (χ0) is 21.8. The summed E-state index contributed by atoms with van der Waals surface area (Å²) < 4.78 is 6.19. The van der Waals surface area contributed by atoms with Crippen molar-refractivity contribution in [2.75, 3.05) is 19.4 Å². The second-order valence-electron chi connectivity index (χ2n) is 7.37. The van der Waals surface area contributed by atoms with Crippen LogP contribution >= 0.6 is 23.1 Å². The Balaban J connectivity index is 1.41. The van der Waals surface area contributed by atoms with Crippen LogP contribution in [0.15, 0.2) is 42.5 Å². The average Bonchev–Trinajstić information content (AvgIpc) is 3.23. The number of amides is 1. The number of likely N-dealkylation sites (tertiary alicyclic amines) is 1. The number of fused-ring (bicyclic) bond motifs is 1. The van der Waals surface area contributed by atoms with Crippen molar-refractivity contribution >= 4 is 44.9 Å². The predicted molar refractivity (Wildman–Crippen MR) is 124 cm³/mol. The molecule has 1 atom stereocenters. The molecule has 1 fully saturated rings. The number of nitrogens with zero attached hydrogens (tertiary/aromatic N) is 3. The minimum absolute atomic E-state index is 0.0290. The molecule has 4 rings (SSSR count). The molecule has 9 heteroatoms. The van der Waals surface area contributed by atoms with E-state index in [2.05, 4.69) is 6.07 Å². The van der Waals surface area contributed by atoms with Crippen LogP contribution in [0, 0.1) is 10.1 Å². The number of thiazole rings is 1. The van der Waals surface area contributed by atoms with Gasteiger partial charge in [-0.1, -0.05) is 18.2 Å². The second-order valence-corrected chi connectivity index (χ2v) is 9.42. The van der Waals surface area contributed by atoms with Gasteiger partial charge >= 0.3 is 5.69 Å². The van der Waals surface area contributed by atoms with Gasteiger partial charge in [0.15, 0.2) is 5.75 Å². The molecule has 0 saturated carbocycles. The number of benzene rings is 2. The number of nitro groups is 1. The molecule has 3 aromatic rings. The maximum Gasteiger partial charge on any atom is 0.311 e. The quantitative estimate of drug-likeness (QED) is 0.358. The molecule has 1 amide bonds. The largest absolute Gasteiger partial charge is 0.490 e. The van der Waals surface area contributed by atoms with Crippen molar-refractivity contribution in [1.29, 1.82) is 0 Å². The minimum atomic E-state index is -0.450. The van der Waals surface area contributed by atoms with Crippen LogP contribution in [-0.2, 0) is 10.5 Å². The second kappa shape index (κ2) is 9.65. The van der Waals surface area contributed by atoms with Gasteiger partial charge in [-0.25, -0.2) is 4.98 Å². The standard InChI is InChI=1S/C22H23N3O4S2/c1-29-19-10-9-15(12-18(19)25(27)28)13-30-14-21(26)24-11-5-4-7-17(24)22-23-16-6-2-3-8-20(16)31-22/h2-3,6,8-10,12,17H,4-5,7,11,13-14H2,1H3. The Morgan fingerprint density at radius 2 is 2.16 bits per heavy atom. The molecular formula is C22H23N3O4S2. The fourth-order valence-corrected chi connectivity index (χ4v) is 5.80. The van der Waals surface area contributed by atoms with Gasteiger partial charge in [-0.15, -0.1) is 23.1 Å². The molecule has 1 aliphatic rings. The van der Waals surface area contributed by atoms with Crippen LogP contribution < -0.4 is 4.74 Å². The number of rotatable bonds is 7. The fraction of sp³-hybridized carbons (Fsp3) is 0.364. The number of hydrogen-bond donors (Lipinski definition) is 0. The van der Waals surface area contributed by atoms with Gasteiger partial charge in [-0.2, -0.15) is 0 Å². The lowest BCUT2D eigenvalue weighted by molar-refractivity contribution is -0.385. The number of para-hydroxylation sites is 1. The first-order valence-electron chi connectivity index (χ1n) is 10.1. The van der Waals surface area contributed by atoms with Gasteiger partial charge in [0, 0.05) is 18.4 Å². The van der Waals surface area contributed by atoms with Gasteiger partial charge in [-0.05, 0) is 43.0 Å². The molecule has 162 valence electrons. The zero-order valence-electron chi connectivity index (χ0n) is 17.2. The van der Waals surface area contributed by atoms with Crippen molar-refractivity contribution in [3.8, 4) is 5.75 Å². The third-order valence-electron chi connectivity index (χ3n) is 5.35. The zero-order valence-corrected chi connectivity index (χ0v) is 18.8. The first-order valence-corrected chi connectivity index (χ1v) is 12.1. The summed E-state index contributed by atoms with van der Waals surface area (Å²) in [7, 11) is 1.41. The van der Waals surface area contributed by atoms with Crippen LogP contribution in [0.1, 0.15) is 35.9 Å². The number of carbonyl (C=O) groups excluding carboxylic acids is 1. The van der Waals surface area contributed by atoms with E-state index in [1.807, 2.05) is 23.1 Å². The number of ether oxygens (including phenoxy) is 1. The van der Waals surface area contributed by atoms with Crippen molar-refractivity contribution in [3.05, 3.63) is 63.1 Å². The summed E-state index contributed by atoms with van der Waals surface area (Å²) in [4.78, 5) is 30.5. The van der Waals surface area contributed by atoms with Crippen molar-refractivity contribution in [1.82, 2.24) is 9.88 Å². The molecule has 2 aromatic carbocycles. The third-order valence-corrected chi connectivity index (χ3v) is 7.48. The van der Waals surface area contributed by atoms with Crippen molar-refractivity contribution in [2.24, 2.45) is 0 Å². The van der Waals surface area contributed by atoms with Crippen LogP contribution in [-0.4, -0.2) is 40.1 Å². The van der Waals surface area contributed by atoms with Gasteiger partial charge in [0.1, 0.15) is 5.01 Å². The summed E-state index contributed by atoms with van der Waals surface area (Å²) >= 11 is 3.14. The summed E-state index contributed by atoms with van der Waals surface area (Å²) in [5.41, 5.74) is 1.72. The molecule has 1 aromatic heterocycles. The number of hydrogen-bond acceptors (Lipinski definition) is 7. The molecule has 2 heterocycles. The Morgan fingerprint density at radius 1 is 1.32 bits per heavy atom. The first-order chi connectivity index (χ1) is 15.1. The maximum absolute atomic E-state index is 13.0. The number of carbonyl (C=O) groups is 1. The van der Waals surface area contributed by atoms with Crippen molar-refractivity contribution in [2.45, 2.75) is 31.1 Å². The lowest BCUT2D eigenvalue weighted by Crippen LogP contribution is -2.39. The van der Waals surface area contributed by atoms with Crippen LogP contribution in [0.3, 0.4) is 0 Å². The number of piperidine rings is 1. The topological polar surface area (TPSA) is 85.6 Å². The fourth-order valence-electron chi connectivity index (χ4n) is 3.83. The Bertz CT molecular complexity index is 1070. The SMILES string of the molecule is COc1ccc(CSCC(=O)N2CCCCC2c2nc3ccccc3s2)cc1[N+](=O)[O-]. The van der Waals surface area contributed by atoms with Gasteiger partial charge in [-0.3, -0.25) is 14.9 Å². The Labute approximate surface area is 188 Å². The van der Waals surface area contributed by atoms with E-state index in [0.717, 1.165) is 46.6 Å². The van der Waals surface area contributed by atoms with Crippen molar-refractivity contribution < 1.29 is 14.5 Å². The summed E-state index contributed by atoms with van der Waals surface area (Å²) in [6.45, 7) is 0.744. The lowest BCUT2D eigenvalue weighted by atomic mass is 10.0. The first kappa shape index (κ1) is 21.6. The Morgan fingerprint density at radius 3 is 2.94 bits per heavy atom. The minimum Gasteiger partial charge on any atom is -0.490 e. The lowest BCUT2D eigenvalue weighted by Gasteiger charge is -2.34. The van der Waals surface area contributed by atoms with Crippen LogP contribution in [0.25, 0.3) is 10.2 Å². The highest BCUT2D eigenvalue weighted by atomic mass is 32.2. The smallest absolute Gasteiger partial charge is 0.311 e. The molecule has 0 bridgehead atoms. The molecular weight excluding hydrogens is 434 g/mol. The molecule has 1 aliphatic heterocycles. The van der Waals surface area contributed by atoms with E-state index >= 15 is 0 Å². The predicted octanol–water partition coefficient (Wildman–Crippen LogP) is 5.20. The summed E-state index contributed by atoms with van der Waals surface area (Å²) in [5.74, 6) is 1.19. The van der Waals surface area contributed by atoms with Gasteiger partial charge in [0.2, 0.25) is 5.91 Å². The van der Waals surface area contributed by atoms with Gasteiger partial charge in [0.25, 0.3) is 0 Å². The highest BCUT2D eigenvalue weighted by Crippen LogP contribution is 2.36. The van der Waals surface area contributed by atoms with E-state index in [-0.39, 0.29) is 23.4 Å². The molecule has 31 heavy (non-hydrogen) atoms. The van der Waals surface area contributed by atoms with Crippen LogP contribution in [0.5, 0.6) is 5.75 Å². The number of methoxy groups -OCH3 is 1. The average molecular weight is 458 g/mol. The van der Waals surface area contributed by atoms with E-state index in [1.54, 1.807) is 23.5 Å². The molecule has 0 N–H and O–H groups in total. The van der Waals surface area contributed by atoms with Crippen molar-refractivity contribution in [3.63, 3.8) is 0 Å². The highest BCUT2D eigenvalue weighted by Gasteiger charge is 2.30. The van der Waals surface area contributed by atoms with Gasteiger partial charge in [0.05, 0.1) is 34.0 Å². The molecule has 1 saturated heterocycles. The van der Waals surface area contributed by atoms with E-state index in [4.69, 9.17) is 9.72 Å². The molecule has 0 aliphatic carbocycles. The van der Waals surface area contributed by atoms with Crippen LogP contribution in [0.2, 0.25) is 0 Å². The van der Waals surface area contributed by atoms with Crippen LogP contribution in [0.4, 0.5) is 5.69 Å². The number of thioether (sulfide) groups is 1. The summed E-state index contributed by atoms with van der Waals surface area (Å²) in [5, 5.41) is 12.2. The Kier molecular flexibility index (Phi) is 6.72. The number of aromatic nitrogens is 1. The van der Waals surface area contributed by atoms with E-state index in [0.29, 0.717) is 11.5 Å². The summed E-state index contributed by atoms with van der Waals surface area (Å²) in [6.07, 6.45) is 3.02. The van der Waals surface area contributed by atoms with E-state index < -0.39 is 4.92 Å². The monoisotopic (exact) mass is 457 g/mol. The van der Waals surface area contributed by atoms with E-state index in [9.17, 15) is 14.9 Å². The van der Waals surface area contributed by atoms with E-state index in [1.165, 1.54) is 24.9 Å². The molecule has 1 unspecified atom stereocenters. The highest BCUT2D eigenvalue weighted by molar-refractivity contribution is 7.99. The number of nitro benzene ring substituents is 1. The molecule has 0 spiro atoms. The molecule has 0 radical (unpaired) electrons.